The number of nitrogens with zero attached hydrogens (tertiary/aromatic N) is 2. The Morgan fingerprint density at radius 3 is 2.50 bits per heavy atom. The molecule has 0 amide bonds. The number of likely N-dealkylation sites (tertiary alicyclic amines) is 1. The van der Waals surface area contributed by atoms with Crippen LogP contribution in [-0.2, 0) is 10.0 Å². The zero-order valence-electron chi connectivity index (χ0n) is 16.7. The van der Waals surface area contributed by atoms with Gasteiger partial charge in [0.2, 0.25) is 0 Å². The van der Waals surface area contributed by atoms with Gasteiger partial charge in [-0.05, 0) is 50.7 Å². The summed E-state index contributed by atoms with van der Waals surface area (Å²) in [5.74, 6) is 1.10. The third-order valence-corrected chi connectivity index (χ3v) is 7.65. The van der Waals surface area contributed by atoms with Crippen LogP contribution in [0.1, 0.15) is 23.5 Å². The first-order valence-corrected chi connectivity index (χ1v) is 10.9. The Morgan fingerprint density at radius 2 is 1.79 bits per heavy atom. The number of fused-ring (bicyclic) bond motifs is 3. The van der Waals surface area contributed by atoms with E-state index in [4.69, 9.17) is 9.47 Å². The van der Waals surface area contributed by atoms with E-state index in [0.29, 0.717) is 11.5 Å². The fourth-order valence-electron chi connectivity index (χ4n) is 4.44. The van der Waals surface area contributed by atoms with Gasteiger partial charge in [0.25, 0.3) is 10.0 Å². The Labute approximate surface area is 166 Å². The number of likely N-dealkylation sites (N-methyl/N-ethyl adjacent to an activating group) is 1. The Hall–Kier alpha value is -2.25. The number of anilines is 1. The van der Waals surface area contributed by atoms with Gasteiger partial charge in [-0.25, -0.2) is 8.42 Å². The summed E-state index contributed by atoms with van der Waals surface area (Å²) in [7, 11) is 1.41. The zero-order valence-corrected chi connectivity index (χ0v) is 17.5. The minimum atomic E-state index is -3.73. The number of rotatable bonds is 4. The van der Waals surface area contributed by atoms with Crippen molar-refractivity contribution in [3.05, 3.63) is 47.5 Å². The quantitative estimate of drug-likeness (QED) is 0.787. The molecule has 2 aliphatic rings. The van der Waals surface area contributed by atoms with Crippen LogP contribution in [0.25, 0.3) is 0 Å². The van der Waals surface area contributed by atoms with Crippen molar-refractivity contribution in [2.75, 3.05) is 38.7 Å². The highest BCUT2D eigenvalue weighted by Crippen LogP contribution is 2.47. The van der Waals surface area contributed by atoms with Crippen molar-refractivity contribution in [2.45, 2.75) is 30.2 Å². The summed E-state index contributed by atoms with van der Waals surface area (Å²) >= 11 is 0. The van der Waals surface area contributed by atoms with Gasteiger partial charge in [0.15, 0.2) is 11.5 Å². The normalized spacial score (nSPS) is 21.9. The van der Waals surface area contributed by atoms with E-state index < -0.39 is 10.0 Å². The zero-order chi connectivity index (χ0) is 20.1. The monoisotopic (exact) mass is 402 g/mol. The first kappa shape index (κ1) is 19.1. The summed E-state index contributed by atoms with van der Waals surface area (Å²) in [6.45, 7) is 3.79. The number of benzene rings is 2. The lowest BCUT2D eigenvalue weighted by molar-refractivity contribution is 0.237. The van der Waals surface area contributed by atoms with Crippen LogP contribution in [0.3, 0.4) is 0 Å². The van der Waals surface area contributed by atoms with Crippen molar-refractivity contribution in [1.82, 2.24) is 4.90 Å². The summed E-state index contributed by atoms with van der Waals surface area (Å²) in [6, 6.07) is 10.8. The van der Waals surface area contributed by atoms with Crippen molar-refractivity contribution >= 4 is 15.7 Å². The van der Waals surface area contributed by atoms with Gasteiger partial charge in [-0.2, -0.15) is 0 Å². The Bertz CT molecular complexity index is 1010. The van der Waals surface area contributed by atoms with E-state index in [9.17, 15) is 8.42 Å². The summed E-state index contributed by atoms with van der Waals surface area (Å²) in [6.07, 6.45) is 0.807. The predicted octanol–water partition coefficient (Wildman–Crippen LogP) is 3.01. The number of sulfonamides is 1. The molecule has 1 saturated heterocycles. The molecule has 150 valence electrons. The van der Waals surface area contributed by atoms with Crippen molar-refractivity contribution in [2.24, 2.45) is 0 Å². The molecule has 7 heteroatoms. The van der Waals surface area contributed by atoms with Crippen LogP contribution < -0.4 is 13.8 Å². The van der Waals surface area contributed by atoms with Gasteiger partial charge in [-0.3, -0.25) is 4.31 Å². The molecule has 0 saturated carbocycles. The smallest absolute Gasteiger partial charge is 0.264 e. The molecular formula is C21H26N2O4S. The maximum atomic E-state index is 13.7. The second-order valence-electron chi connectivity index (χ2n) is 7.60. The van der Waals surface area contributed by atoms with Gasteiger partial charge in [-0.15, -0.1) is 0 Å². The number of hydrogen-bond donors (Lipinski definition) is 0. The van der Waals surface area contributed by atoms with Crippen LogP contribution in [0.5, 0.6) is 11.5 Å². The van der Waals surface area contributed by atoms with Crippen LogP contribution in [-0.4, -0.2) is 53.7 Å². The Balaban J connectivity index is 1.83. The largest absolute Gasteiger partial charge is 0.493 e. The highest BCUT2D eigenvalue weighted by Gasteiger charge is 2.46. The lowest BCUT2D eigenvalue weighted by Crippen LogP contribution is -2.47. The van der Waals surface area contributed by atoms with Crippen molar-refractivity contribution < 1.29 is 17.9 Å². The van der Waals surface area contributed by atoms with E-state index in [1.54, 1.807) is 22.5 Å². The minimum absolute atomic E-state index is 0.0638. The summed E-state index contributed by atoms with van der Waals surface area (Å²) in [5, 5.41) is 0. The van der Waals surface area contributed by atoms with Gasteiger partial charge in [0.05, 0.1) is 30.8 Å². The summed E-state index contributed by atoms with van der Waals surface area (Å²) in [5.41, 5.74) is 3.07. The van der Waals surface area contributed by atoms with Gasteiger partial charge < -0.3 is 14.4 Å². The van der Waals surface area contributed by atoms with Gasteiger partial charge in [0, 0.05) is 18.5 Å². The average Bonchev–Trinajstić information content (AvgIpc) is 3.00. The van der Waals surface area contributed by atoms with Crippen LogP contribution >= 0.6 is 0 Å². The van der Waals surface area contributed by atoms with Crippen LogP contribution in [0.4, 0.5) is 5.69 Å². The SMILES string of the molecule is COc1ccc(S(=O)(=O)N2c3ccc(C)cc3[C@H]3CN(C)CC[C@@H]32)cc1OC. The van der Waals surface area contributed by atoms with Gasteiger partial charge >= 0.3 is 0 Å². The van der Waals surface area contributed by atoms with Gasteiger partial charge in [0.1, 0.15) is 0 Å². The van der Waals surface area contributed by atoms with E-state index >= 15 is 0 Å². The van der Waals surface area contributed by atoms with E-state index in [0.717, 1.165) is 36.3 Å². The molecule has 2 aromatic carbocycles. The van der Waals surface area contributed by atoms with Crippen molar-refractivity contribution in [1.29, 1.82) is 0 Å². The van der Waals surface area contributed by atoms with Gasteiger partial charge in [-0.1, -0.05) is 17.7 Å². The lowest BCUT2D eigenvalue weighted by Gasteiger charge is -2.36. The lowest BCUT2D eigenvalue weighted by atomic mass is 9.89. The topological polar surface area (TPSA) is 59.1 Å². The third-order valence-electron chi connectivity index (χ3n) is 5.81. The first-order chi connectivity index (χ1) is 13.4. The molecule has 0 radical (unpaired) electrons. The molecule has 0 unspecified atom stereocenters. The maximum absolute atomic E-state index is 13.7. The number of methoxy groups -OCH3 is 2. The molecule has 1 fully saturated rings. The molecule has 4 rings (SSSR count). The van der Waals surface area contributed by atoms with Crippen LogP contribution in [0, 0.1) is 6.92 Å². The van der Waals surface area contributed by atoms with Crippen molar-refractivity contribution in [3.8, 4) is 11.5 Å². The highest BCUT2D eigenvalue weighted by atomic mass is 32.2. The second-order valence-corrected chi connectivity index (χ2v) is 9.42. The third kappa shape index (κ3) is 2.93. The second kappa shape index (κ2) is 6.97. The molecule has 2 aliphatic heterocycles. The summed E-state index contributed by atoms with van der Waals surface area (Å²) < 4.78 is 39.6. The first-order valence-electron chi connectivity index (χ1n) is 9.42. The molecule has 0 aliphatic carbocycles. The van der Waals surface area contributed by atoms with Crippen LogP contribution in [0.2, 0.25) is 0 Å². The fraction of sp³-hybridized carbons (Fsp3) is 0.429. The van der Waals surface area contributed by atoms with Crippen molar-refractivity contribution in [3.63, 3.8) is 0 Å². The molecule has 2 atom stereocenters. The maximum Gasteiger partial charge on any atom is 0.264 e. The Kier molecular flexibility index (Phi) is 4.75. The average molecular weight is 403 g/mol. The highest BCUT2D eigenvalue weighted by molar-refractivity contribution is 7.92. The van der Waals surface area contributed by atoms with E-state index in [1.807, 2.05) is 19.1 Å². The Morgan fingerprint density at radius 1 is 1.04 bits per heavy atom. The van der Waals surface area contributed by atoms with E-state index in [2.05, 4.69) is 18.0 Å². The minimum Gasteiger partial charge on any atom is -0.493 e. The molecule has 2 heterocycles. The summed E-state index contributed by atoms with van der Waals surface area (Å²) in [4.78, 5) is 2.50. The molecular weight excluding hydrogens is 376 g/mol. The van der Waals surface area contributed by atoms with E-state index in [1.165, 1.54) is 14.2 Å². The number of piperidine rings is 1. The number of ether oxygens (including phenoxy) is 2. The molecule has 0 aromatic heterocycles. The predicted molar refractivity (Wildman–Crippen MR) is 109 cm³/mol. The molecule has 0 N–H and O–H groups in total. The molecule has 0 bridgehead atoms. The van der Waals surface area contributed by atoms with E-state index in [-0.39, 0.29) is 16.9 Å². The standard InChI is InChI=1S/C21H26N2O4S/c1-14-5-7-18-16(11-14)17-13-22(2)10-9-19(17)23(18)28(24,25)15-6-8-20(26-3)21(12-15)27-4/h5-8,11-12,17,19H,9-10,13H2,1-4H3/t17-,19+/m1/s1. The molecule has 0 spiro atoms. The molecule has 6 nitrogen and oxygen atoms in total. The number of hydrogen-bond acceptors (Lipinski definition) is 5. The van der Waals surface area contributed by atoms with Crippen LogP contribution in [0.15, 0.2) is 41.3 Å². The fourth-order valence-corrected chi connectivity index (χ4v) is 6.19. The molecule has 28 heavy (non-hydrogen) atoms. The number of aryl methyl sites for hydroxylation is 1. The molecule has 2 aromatic rings.